The van der Waals surface area contributed by atoms with Crippen LogP contribution in [0.5, 0.6) is 0 Å². The molecule has 3 aromatic heterocycles. The van der Waals surface area contributed by atoms with E-state index in [0.29, 0.717) is 24.5 Å². The number of aryl methyl sites for hydroxylation is 4. The molecule has 8 nitrogen and oxygen atoms in total. The second-order valence-electron chi connectivity index (χ2n) is 7.68. The molecule has 0 unspecified atom stereocenters. The number of hydrogen-bond donors (Lipinski definition) is 0. The summed E-state index contributed by atoms with van der Waals surface area (Å²) in [7, 11) is -1.77. The third-order valence-electron chi connectivity index (χ3n) is 5.38. The SMILES string of the molecule is Cc1cc(-c2cnn(C)c2)cc([C@@H]2CCCN(S(=O)(=O)c3c(C)noc3C)C2)n1. The molecule has 154 valence electrons. The van der Waals surface area contributed by atoms with Gasteiger partial charge in [0.25, 0.3) is 0 Å². The van der Waals surface area contributed by atoms with Gasteiger partial charge in [0, 0.05) is 49.2 Å². The predicted octanol–water partition coefficient (Wildman–Crippen LogP) is 2.96. The number of hydrogen-bond acceptors (Lipinski definition) is 6. The first-order chi connectivity index (χ1) is 13.8. The Morgan fingerprint density at radius 1 is 1.17 bits per heavy atom. The molecule has 0 saturated carbocycles. The third kappa shape index (κ3) is 3.72. The van der Waals surface area contributed by atoms with Gasteiger partial charge in [-0.1, -0.05) is 5.16 Å². The smallest absolute Gasteiger partial charge is 0.248 e. The maximum atomic E-state index is 13.2. The van der Waals surface area contributed by atoms with Crippen molar-refractivity contribution < 1.29 is 12.9 Å². The standard InChI is InChI=1S/C20H25N5O3S/c1-13-8-17(18-10-21-24(4)11-18)9-19(22-13)16-6-5-7-25(12-16)29(26,27)20-14(2)23-28-15(20)3/h8-11,16H,5-7,12H2,1-4H3/t16-/m1/s1. The highest BCUT2D eigenvalue weighted by Crippen LogP contribution is 2.33. The number of rotatable bonds is 4. The highest BCUT2D eigenvalue weighted by atomic mass is 32.2. The fraction of sp³-hybridized carbons (Fsp3) is 0.450. The average molecular weight is 416 g/mol. The van der Waals surface area contributed by atoms with E-state index in [-0.39, 0.29) is 10.8 Å². The Morgan fingerprint density at radius 3 is 2.62 bits per heavy atom. The Labute approximate surface area is 170 Å². The molecule has 4 rings (SSSR count). The summed E-state index contributed by atoms with van der Waals surface area (Å²) in [5.41, 5.74) is 4.30. The van der Waals surface area contributed by atoms with Gasteiger partial charge in [-0.05, 0) is 51.3 Å². The highest BCUT2D eigenvalue weighted by Gasteiger charge is 2.35. The van der Waals surface area contributed by atoms with Gasteiger partial charge in [-0.2, -0.15) is 9.40 Å². The molecule has 0 radical (unpaired) electrons. The van der Waals surface area contributed by atoms with E-state index >= 15 is 0 Å². The van der Waals surface area contributed by atoms with E-state index < -0.39 is 10.0 Å². The van der Waals surface area contributed by atoms with Crippen molar-refractivity contribution in [2.45, 2.75) is 44.4 Å². The van der Waals surface area contributed by atoms with Gasteiger partial charge in [0.2, 0.25) is 10.0 Å². The van der Waals surface area contributed by atoms with E-state index in [0.717, 1.165) is 35.4 Å². The number of sulfonamides is 1. The van der Waals surface area contributed by atoms with Gasteiger partial charge in [0.15, 0.2) is 5.76 Å². The summed E-state index contributed by atoms with van der Waals surface area (Å²) in [6, 6.07) is 4.09. The fourth-order valence-corrected chi connectivity index (χ4v) is 5.83. The lowest BCUT2D eigenvalue weighted by molar-refractivity contribution is 0.312. The Bertz CT molecular complexity index is 1130. The molecule has 0 N–H and O–H groups in total. The van der Waals surface area contributed by atoms with Crippen LogP contribution in [0.3, 0.4) is 0 Å². The number of pyridine rings is 1. The molecule has 1 fully saturated rings. The van der Waals surface area contributed by atoms with Crippen molar-refractivity contribution >= 4 is 10.0 Å². The van der Waals surface area contributed by atoms with E-state index in [1.165, 1.54) is 0 Å². The van der Waals surface area contributed by atoms with Gasteiger partial charge in [-0.15, -0.1) is 0 Å². The molecule has 3 aromatic rings. The van der Waals surface area contributed by atoms with Crippen LogP contribution < -0.4 is 0 Å². The fourth-order valence-electron chi connectivity index (χ4n) is 4.01. The van der Waals surface area contributed by atoms with Crippen LogP contribution in [0.4, 0.5) is 0 Å². The Hall–Kier alpha value is -2.52. The summed E-state index contributed by atoms with van der Waals surface area (Å²) in [6.07, 6.45) is 5.48. The van der Waals surface area contributed by atoms with Crippen LogP contribution in [0.2, 0.25) is 0 Å². The van der Waals surface area contributed by atoms with E-state index in [1.807, 2.05) is 32.4 Å². The molecule has 9 heteroatoms. The molecule has 1 aliphatic rings. The van der Waals surface area contributed by atoms with Crippen molar-refractivity contribution in [3.8, 4) is 11.1 Å². The summed E-state index contributed by atoms with van der Waals surface area (Å²) in [5, 5.41) is 8.06. The average Bonchev–Trinajstić information content (AvgIpc) is 3.27. The largest absolute Gasteiger partial charge is 0.360 e. The van der Waals surface area contributed by atoms with Gasteiger partial charge < -0.3 is 4.52 Å². The van der Waals surface area contributed by atoms with E-state index in [4.69, 9.17) is 9.51 Å². The minimum Gasteiger partial charge on any atom is -0.360 e. The monoisotopic (exact) mass is 415 g/mol. The maximum Gasteiger partial charge on any atom is 0.248 e. The summed E-state index contributed by atoms with van der Waals surface area (Å²) < 4.78 is 34.8. The first-order valence-electron chi connectivity index (χ1n) is 9.66. The van der Waals surface area contributed by atoms with Gasteiger partial charge in [-0.3, -0.25) is 9.67 Å². The lowest BCUT2D eigenvalue weighted by Gasteiger charge is -2.31. The zero-order valence-electron chi connectivity index (χ0n) is 17.1. The summed E-state index contributed by atoms with van der Waals surface area (Å²) >= 11 is 0. The second kappa shape index (κ2) is 7.38. The topological polar surface area (TPSA) is 94.1 Å². The first-order valence-corrected chi connectivity index (χ1v) is 11.1. The Morgan fingerprint density at radius 2 is 1.97 bits per heavy atom. The molecular formula is C20H25N5O3S. The molecule has 0 bridgehead atoms. The van der Waals surface area contributed by atoms with Crippen molar-refractivity contribution in [2.24, 2.45) is 7.05 Å². The third-order valence-corrected chi connectivity index (χ3v) is 7.49. The molecule has 0 spiro atoms. The van der Waals surface area contributed by atoms with Crippen LogP contribution in [0.15, 0.2) is 33.9 Å². The molecule has 0 aliphatic carbocycles. The van der Waals surface area contributed by atoms with Crippen LogP contribution in [0.1, 0.15) is 41.6 Å². The van der Waals surface area contributed by atoms with Crippen LogP contribution in [0.25, 0.3) is 11.1 Å². The maximum absolute atomic E-state index is 13.2. The van der Waals surface area contributed by atoms with E-state index in [1.54, 1.807) is 22.8 Å². The molecular weight excluding hydrogens is 390 g/mol. The molecule has 0 aromatic carbocycles. The Balaban J connectivity index is 1.65. The van der Waals surface area contributed by atoms with Gasteiger partial charge in [0.1, 0.15) is 10.6 Å². The van der Waals surface area contributed by atoms with Crippen LogP contribution in [-0.4, -0.2) is 45.7 Å². The van der Waals surface area contributed by atoms with Crippen LogP contribution in [0, 0.1) is 20.8 Å². The quantitative estimate of drug-likeness (QED) is 0.650. The second-order valence-corrected chi connectivity index (χ2v) is 9.56. The normalized spacial score (nSPS) is 18.3. The number of aromatic nitrogens is 4. The summed E-state index contributed by atoms with van der Waals surface area (Å²) in [6.45, 7) is 6.15. The minimum absolute atomic E-state index is 0.0364. The zero-order valence-corrected chi connectivity index (χ0v) is 17.9. The minimum atomic E-state index is -3.65. The molecule has 29 heavy (non-hydrogen) atoms. The van der Waals surface area contributed by atoms with Crippen molar-refractivity contribution in [3.63, 3.8) is 0 Å². The lowest BCUT2D eigenvalue weighted by Crippen LogP contribution is -2.39. The van der Waals surface area contributed by atoms with Gasteiger partial charge in [-0.25, -0.2) is 8.42 Å². The van der Waals surface area contributed by atoms with Crippen molar-refractivity contribution in [1.29, 1.82) is 0 Å². The number of nitrogens with zero attached hydrogens (tertiary/aromatic N) is 5. The van der Waals surface area contributed by atoms with Crippen LogP contribution >= 0.6 is 0 Å². The molecule has 0 amide bonds. The first kappa shape index (κ1) is 19.8. The van der Waals surface area contributed by atoms with E-state index in [9.17, 15) is 8.42 Å². The van der Waals surface area contributed by atoms with Crippen molar-refractivity contribution in [2.75, 3.05) is 13.1 Å². The number of piperidine rings is 1. The summed E-state index contributed by atoms with van der Waals surface area (Å²) in [4.78, 5) is 4.91. The lowest BCUT2D eigenvalue weighted by atomic mass is 9.93. The van der Waals surface area contributed by atoms with E-state index in [2.05, 4.69) is 16.3 Å². The van der Waals surface area contributed by atoms with Gasteiger partial charge >= 0.3 is 0 Å². The summed E-state index contributed by atoms with van der Waals surface area (Å²) in [5.74, 6) is 0.367. The van der Waals surface area contributed by atoms with Gasteiger partial charge in [0.05, 0.1) is 6.20 Å². The molecule has 4 heterocycles. The molecule has 1 atom stereocenters. The van der Waals surface area contributed by atoms with Crippen molar-refractivity contribution in [3.05, 3.63) is 47.4 Å². The Kier molecular flexibility index (Phi) is 5.04. The highest BCUT2D eigenvalue weighted by molar-refractivity contribution is 7.89. The zero-order chi connectivity index (χ0) is 20.8. The molecule has 1 saturated heterocycles. The molecule has 1 aliphatic heterocycles. The van der Waals surface area contributed by atoms with Crippen molar-refractivity contribution in [1.82, 2.24) is 24.2 Å². The van der Waals surface area contributed by atoms with Crippen LogP contribution in [-0.2, 0) is 17.1 Å². The predicted molar refractivity (Wildman–Crippen MR) is 108 cm³/mol.